The molecule has 1 aliphatic rings. The molecule has 0 aromatic heterocycles. The van der Waals surface area contributed by atoms with Gasteiger partial charge in [-0.3, -0.25) is 9.59 Å². The molecule has 1 aliphatic carbocycles. The molecule has 0 saturated heterocycles. The Hall–Kier alpha value is -1.75. The Labute approximate surface area is 161 Å². The number of ether oxygens (including phenoxy) is 1. The lowest BCUT2D eigenvalue weighted by molar-refractivity contribution is -0.130. The second-order valence-electron chi connectivity index (χ2n) is 6.85. The number of benzene rings is 1. The van der Waals surface area contributed by atoms with Gasteiger partial charge in [0.05, 0.1) is 6.61 Å². The van der Waals surface area contributed by atoms with Crippen molar-refractivity contribution in [2.45, 2.75) is 44.9 Å². The number of halogens is 1. The minimum Gasteiger partial charge on any atom is -0.493 e. The van der Waals surface area contributed by atoms with Crippen LogP contribution in [0.25, 0.3) is 0 Å². The van der Waals surface area contributed by atoms with Gasteiger partial charge in [-0.25, -0.2) is 0 Å². The molecule has 0 bridgehead atoms. The van der Waals surface area contributed by atoms with Crippen LogP contribution in [0.3, 0.4) is 0 Å². The molecule has 0 spiro atoms. The second-order valence-corrected chi connectivity index (χ2v) is 7.29. The third-order valence-corrected chi connectivity index (χ3v) is 4.98. The molecule has 1 saturated carbocycles. The fourth-order valence-corrected chi connectivity index (χ4v) is 3.35. The van der Waals surface area contributed by atoms with Gasteiger partial charge in [-0.2, -0.15) is 0 Å². The van der Waals surface area contributed by atoms with Gasteiger partial charge < -0.3 is 15.0 Å². The normalized spacial score (nSPS) is 14.7. The fourth-order valence-electron chi connectivity index (χ4n) is 3.17. The highest BCUT2D eigenvalue weighted by Crippen LogP contribution is 2.23. The van der Waals surface area contributed by atoms with Crippen LogP contribution in [0.2, 0.25) is 5.02 Å². The largest absolute Gasteiger partial charge is 0.493 e. The number of nitrogens with zero attached hydrogens (tertiary/aromatic N) is 1. The number of hydrogen-bond acceptors (Lipinski definition) is 3. The second kappa shape index (κ2) is 11.1. The molecule has 1 aromatic rings. The molecule has 5 nitrogen and oxygen atoms in total. The Morgan fingerprint density at radius 3 is 2.77 bits per heavy atom. The first-order chi connectivity index (χ1) is 12.6. The average molecular weight is 381 g/mol. The minimum absolute atomic E-state index is 0.0386. The van der Waals surface area contributed by atoms with Crippen LogP contribution >= 0.6 is 11.6 Å². The van der Waals surface area contributed by atoms with E-state index in [-0.39, 0.29) is 17.7 Å². The average Bonchev–Trinajstić information content (AvgIpc) is 2.65. The van der Waals surface area contributed by atoms with Gasteiger partial charge in [-0.15, -0.1) is 0 Å². The zero-order valence-corrected chi connectivity index (χ0v) is 16.3. The number of nitrogens with one attached hydrogen (secondary N) is 1. The van der Waals surface area contributed by atoms with Crippen LogP contribution in [0.15, 0.2) is 24.3 Å². The van der Waals surface area contributed by atoms with Gasteiger partial charge >= 0.3 is 0 Å². The summed E-state index contributed by atoms with van der Waals surface area (Å²) in [6, 6.07) is 7.27. The first kappa shape index (κ1) is 20.6. The van der Waals surface area contributed by atoms with Crippen molar-refractivity contribution in [3.63, 3.8) is 0 Å². The Morgan fingerprint density at radius 2 is 2.04 bits per heavy atom. The van der Waals surface area contributed by atoms with Gasteiger partial charge in [0.15, 0.2) is 0 Å². The van der Waals surface area contributed by atoms with E-state index >= 15 is 0 Å². The topological polar surface area (TPSA) is 58.6 Å². The third-order valence-electron chi connectivity index (χ3n) is 4.74. The molecular weight excluding hydrogens is 352 g/mol. The van der Waals surface area contributed by atoms with Crippen molar-refractivity contribution in [2.75, 3.05) is 26.7 Å². The lowest BCUT2D eigenvalue weighted by Gasteiger charge is -2.21. The first-order valence-electron chi connectivity index (χ1n) is 9.46. The molecule has 1 N–H and O–H groups in total. The zero-order valence-electron chi connectivity index (χ0n) is 15.5. The summed E-state index contributed by atoms with van der Waals surface area (Å²) in [5.74, 6) is 1.02. The van der Waals surface area contributed by atoms with Crippen molar-refractivity contribution in [3.05, 3.63) is 29.3 Å². The third kappa shape index (κ3) is 7.24. The van der Waals surface area contributed by atoms with Crippen molar-refractivity contribution in [1.82, 2.24) is 10.2 Å². The van der Waals surface area contributed by atoms with Crippen molar-refractivity contribution < 1.29 is 14.3 Å². The monoisotopic (exact) mass is 380 g/mol. The van der Waals surface area contributed by atoms with Crippen LogP contribution in [0.4, 0.5) is 0 Å². The summed E-state index contributed by atoms with van der Waals surface area (Å²) in [5, 5.41) is 3.55. The lowest BCUT2D eigenvalue weighted by atomic mass is 9.89. The molecule has 2 rings (SSSR count). The highest BCUT2D eigenvalue weighted by atomic mass is 35.5. The zero-order chi connectivity index (χ0) is 18.8. The van der Waals surface area contributed by atoms with Crippen LogP contribution in [0.5, 0.6) is 5.75 Å². The number of hydrogen-bond donors (Lipinski definition) is 1. The Kier molecular flexibility index (Phi) is 8.75. The summed E-state index contributed by atoms with van der Waals surface area (Å²) in [4.78, 5) is 25.9. The molecule has 1 fully saturated rings. The van der Waals surface area contributed by atoms with Crippen LogP contribution in [0.1, 0.15) is 44.9 Å². The summed E-state index contributed by atoms with van der Waals surface area (Å²) in [5.41, 5.74) is 0. The van der Waals surface area contributed by atoms with Crippen molar-refractivity contribution >= 4 is 23.4 Å². The predicted octanol–water partition coefficient (Wildman–Crippen LogP) is 3.65. The van der Waals surface area contributed by atoms with Gasteiger partial charge in [0.1, 0.15) is 5.75 Å². The molecule has 0 aliphatic heterocycles. The minimum atomic E-state index is 0.0386. The SMILES string of the molecule is CN(CCCOc1cccc(Cl)c1)C(=O)CCNC(=O)C1CCCCC1. The van der Waals surface area contributed by atoms with Gasteiger partial charge in [0, 0.05) is 37.5 Å². The van der Waals surface area contributed by atoms with Crippen molar-refractivity contribution in [2.24, 2.45) is 5.92 Å². The van der Waals surface area contributed by atoms with Gasteiger partial charge in [0.25, 0.3) is 0 Å². The van der Waals surface area contributed by atoms with Gasteiger partial charge in [-0.05, 0) is 37.5 Å². The molecule has 0 unspecified atom stereocenters. The summed E-state index contributed by atoms with van der Waals surface area (Å²) in [7, 11) is 1.78. The molecule has 1 aromatic carbocycles. The highest BCUT2D eigenvalue weighted by Gasteiger charge is 2.20. The Balaban J connectivity index is 1.56. The fraction of sp³-hybridized carbons (Fsp3) is 0.600. The number of carbonyl (C=O) groups is 2. The quantitative estimate of drug-likeness (QED) is 0.665. The standard InChI is InChI=1S/C20H29ClN2O3/c1-23(13-6-14-26-18-10-5-9-17(21)15-18)19(24)11-12-22-20(25)16-7-3-2-4-8-16/h5,9-10,15-16H,2-4,6-8,11-14H2,1H3,(H,22,25). The summed E-state index contributed by atoms with van der Waals surface area (Å²) in [6.45, 7) is 1.56. The maximum Gasteiger partial charge on any atom is 0.224 e. The summed E-state index contributed by atoms with van der Waals surface area (Å²) >= 11 is 5.91. The van der Waals surface area contributed by atoms with Crippen LogP contribution in [0, 0.1) is 5.92 Å². The molecular formula is C20H29ClN2O3. The molecule has 0 atom stereocenters. The van der Waals surface area contributed by atoms with E-state index in [1.165, 1.54) is 6.42 Å². The molecule has 144 valence electrons. The van der Waals surface area contributed by atoms with E-state index in [9.17, 15) is 9.59 Å². The molecule has 6 heteroatoms. The van der Waals surface area contributed by atoms with Crippen LogP contribution in [-0.4, -0.2) is 43.5 Å². The Bertz CT molecular complexity index is 588. The molecule has 0 heterocycles. The summed E-state index contributed by atoms with van der Waals surface area (Å²) < 4.78 is 5.62. The van der Waals surface area contributed by atoms with E-state index in [0.29, 0.717) is 31.1 Å². The number of carbonyl (C=O) groups excluding carboxylic acids is 2. The van der Waals surface area contributed by atoms with E-state index in [1.807, 2.05) is 12.1 Å². The van der Waals surface area contributed by atoms with Crippen molar-refractivity contribution in [1.29, 1.82) is 0 Å². The van der Waals surface area contributed by atoms with Gasteiger partial charge in [0.2, 0.25) is 11.8 Å². The Morgan fingerprint density at radius 1 is 1.27 bits per heavy atom. The van der Waals surface area contributed by atoms with Gasteiger partial charge in [-0.1, -0.05) is 36.9 Å². The van der Waals surface area contributed by atoms with E-state index < -0.39 is 0 Å². The highest BCUT2D eigenvalue weighted by molar-refractivity contribution is 6.30. The van der Waals surface area contributed by atoms with E-state index in [1.54, 1.807) is 24.1 Å². The van der Waals surface area contributed by atoms with E-state index in [2.05, 4.69) is 5.32 Å². The maximum absolute atomic E-state index is 12.1. The predicted molar refractivity (Wildman–Crippen MR) is 103 cm³/mol. The van der Waals surface area contributed by atoms with Crippen LogP contribution in [-0.2, 0) is 9.59 Å². The molecule has 26 heavy (non-hydrogen) atoms. The molecule has 0 radical (unpaired) electrons. The lowest BCUT2D eigenvalue weighted by Crippen LogP contribution is -2.36. The smallest absolute Gasteiger partial charge is 0.224 e. The summed E-state index contributed by atoms with van der Waals surface area (Å²) in [6.07, 6.45) is 6.54. The number of amides is 2. The van der Waals surface area contributed by atoms with Crippen LogP contribution < -0.4 is 10.1 Å². The van der Waals surface area contributed by atoms with E-state index in [4.69, 9.17) is 16.3 Å². The van der Waals surface area contributed by atoms with E-state index in [0.717, 1.165) is 37.9 Å². The number of rotatable bonds is 9. The molecule has 2 amide bonds. The maximum atomic E-state index is 12.1. The van der Waals surface area contributed by atoms with Crippen molar-refractivity contribution in [3.8, 4) is 5.75 Å². The first-order valence-corrected chi connectivity index (χ1v) is 9.84.